The summed E-state index contributed by atoms with van der Waals surface area (Å²) in [5.74, 6) is -0.158. The molecule has 1 spiro atoms. The zero-order chi connectivity index (χ0) is 20.6. The molecule has 2 aliphatic heterocycles. The number of hydrogen-bond donors (Lipinski definition) is 0. The van der Waals surface area contributed by atoms with Crippen molar-refractivity contribution in [3.05, 3.63) is 67.0 Å². The molecule has 1 atom stereocenters. The number of rotatable bonds is 4. The summed E-state index contributed by atoms with van der Waals surface area (Å²) in [5, 5.41) is 4.26. The summed E-state index contributed by atoms with van der Waals surface area (Å²) in [7, 11) is 0. The number of ether oxygens (including phenoxy) is 1. The predicted molar refractivity (Wildman–Crippen MR) is 108 cm³/mol. The highest BCUT2D eigenvalue weighted by molar-refractivity contribution is 5.98. The Morgan fingerprint density at radius 2 is 1.97 bits per heavy atom. The van der Waals surface area contributed by atoms with Gasteiger partial charge in [0.05, 0.1) is 29.5 Å². The van der Waals surface area contributed by atoms with E-state index in [-0.39, 0.29) is 18.0 Å². The molecule has 1 unspecified atom stereocenters. The van der Waals surface area contributed by atoms with Crippen LogP contribution in [0.5, 0.6) is 0 Å². The normalized spacial score (nSPS) is 20.5. The summed E-state index contributed by atoms with van der Waals surface area (Å²) >= 11 is 0. The Balaban J connectivity index is 1.28. The highest BCUT2D eigenvalue weighted by Gasteiger charge is 2.50. The number of carbonyl (C=O) groups is 2. The molecule has 2 aromatic heterocycles. The average Bonchev–Trinajstić information content (AvgIpc) is 3.52. The van der Waals surface area contributed by atoms with Crippen LogP contribution in [-0.4, -0.2) is 55.3 Å². The van der Waals surface area contributed by atoms with E-state index in [9.17, 15) is 9.59 Å². The van der Waals surface area contributed by atoms with Gasteiger partial charge in [-0.15, -0.1) is 0 Å². The molecule has 5 rings (SSSR count). The van der Waals surface area contributed by atoms with Crippen LogP contribution in [0.4, 0.5) is 0 Å². The van der Waals surface area contributed by atoms with E-state index in [0.29, 0.717) is 44.5 Å². The SMILES string of the molecule is O=C(c1ccccc1-n1cccn1)N1CCC2(CC1)CC(Cn1ccnc1)OC2=O. The van der Waals surface area contributed by atoms with Crippen LogP contribution in [0.15, 0.2) is 61.4 Å². The number of benzene rings is 1. The molecular weight excluding hydrogens is 382 g/mol. The third-order valence-corrected chi connectivity index (χ3v) is 6.19. The molecule has 2 saturated heterocycles. The lowest BCUT2D eigenvalue weighted by molar-refractivity contribution is -0.150. The molecule has 8 heteroatoms. The monoisotopic (exact) mass is 405 g/mol. The molecule has 4 heterocycles. The van der Waals surface area contributed by atoms with Gasteiger partial charge in [0.1, 0.15) is 6.10 Å². The van der Waals surface area contributed by atoms with Crippen molar-refractivity contribution in [1.29, 1.82) is 0 Å². The van der Waals surface area contributed by atoms with Gasteiger partial charge in [-0.1, -0.05) is 12.1 Å². The fraction of sp³-hybridized carbons (Fsp3) is 0.364. The zero-order valence-electron chi connectivity index (χ0n) is 16.6. The standard InChI is InChI=1S/C22H23N5O3/c28-20(18-4-1-2-5-19(18)27-10-3-8-24-27)26-11-6-22(7-12-26)14-17(30-21(22)29)15-25-13-9-23-16-25/h1-5,8-10,13,16-17H,6-7,11-12,14-15H2. The fourth-order valence-corrected chi connectivity index (χ4v) is 4.55. The summed E-state index contributed by atoms with van der Waals surface area (Å²) in [6.45, 7) is 1.70. The number of aromatic nitrogens is 4. The van der Waals surface area contributed by atoms with E-state index < -0.39 is 5.41 Å². The number of para-hydroxylation sites is 1. The van der Waals surface area contributed by atoms with Gasteiger partial charge < -0.3 is 14.2 Å². The van der Waals surface area contributed by atoms with Crippen LogP contribution in [0.25, 0.3) is 5.69 Å². The van der Waals surface area contributed by atoms with Gasteiger partial charge in [-0.2, -0.15) is 5.10 Å². The van der Waals surface area contributed by atoms with E-state index >= 15 is 0 Å². The first-order valence-corrected chi connectivity index (χ1v) is 10.2. The molecule has 3 aromatic rings. The van der Waals surface area contributed by atoms with E-state index in [0.717, 1.165) is 5.69 Å². The van der Waals surface area contributed by atoms with Gasteiger partial charge in [0.25, 0.3) is 5.91 Å². The highest BCUT2D eigenvalue weighted by Crippen LogP contribution is 2.43. The number of imidazole rings is 1. The van der Waals surface area contributed by atoms with Crippen LogP contribution in [0, 0.1) is 5.41 Å². The van der Waals surface area contributed by atoms with E-state index in [1.807, 2.05) is 52.2 Å². The number of amides is 1. The molecular formula is C22H23N5O3. The van der Waals surface area contributed by atoms with E-state index in [1.165, 1.54) is 0 Å². The van der Waals surface area contributed by atoms with Crippen LogP contribution >= 0.6 is 0 Å². The molecule has 1 amide bonds. The van der Waals surface area contributed by atoms with Crippen LogP contribution in [0.1, 0.15) is 29.6 Å². The number of likely N-dealkylation sites (tertiary alicyclic amines) is 1. The van der Waals surface area contributed by atoms with Crippen molar-refractivity contribution in [3.63, 3.8) is 0 Å². The lowest BCUT2D eigenvalue weighted by Gasteiger charge is -2.36. The molecule has 0 bridgehead atoms. The Bertz CT molecular complexity index is 1040. The number of cyclic esters (lactones) is 1. The lowest BCUT2D eigenvalue weighted by atomic mass is 9.76. The highest BCUT2D eigenvalue weighted by atomic mass is 16.6. The van der Waals surface area contributed by atoms with Crippen LogP contribution in [0.3, 0.4) is 0 Å². The summed E-state index contributed by atoms with van der Waals surface area (Å²) in [6.07, 6.45) is 10.6. The third-order valence-electron chi connectivity index (χ3n) is 6.19. The number of piperidine rings is 1. The van der Waals surface area contributed by atoms with Crippen LogP contribution in [-0.2, 0) is 16.1 Å². The minimum Gasteiger partial charge on any atom is -0.460 e. The summed E-state index contributed by atoms with van der Waals surface area (Å²) in [6, 6.07) is 9.31. The second kappa shape index (κ2) is 7.44. The Kier molecular flexibility index (Phi) is 4.61. The van der Waals surface area contributed by atoms with Crippen molar-refractivity contribution in [2.24, 2.45) is 5.41 Å². The van der Waals surface area contributed by atoms with E-state index in [1.54, 1.807) is 23.4 Å². The van der Waals surface area contributed by atoms with Gasteiger partial charge in [0.15, 0.2) is 0 Å². The zero-order valence-corrected chi connectivity index (χ0v) is 16.6. The minimum absolute atomic E-state index is 0.0303. The smallest absolute Gasteiger partial charge is 0.312 e. The van der Waals surface area contributed by atoms with E-state index in [4.69, 9.17) is 4.74 Å². The first kappa shape index (κ1) is 18.6. The first-order valence-electron chi connectivity index (χ1n) is 10.2. The molecule has 0 N–H and O–H groups in total. The fourth-order valence-electron chi connectivity index (χ4n) is 4.55. The van der Waals surface area contributed by atoms with Gasteiger partial charge in [-0.05, 0) is 31.0 Å². The van der Waals surface area contributed by atoms with Gasteiger partial charge in [0.2, 0.25) is 0 Å². The Hall–Kier alpha value is -3.42. The van der Waals surface area contributed by atoms with Crippen molar-refractivity contribution < 1.29 is 14.3 Å². The molecule has 2 fully saturated rings. The maximum atomic E-state index is 13.2. The topological polar surface area (TPSA) is 82.2 Å². The Morgan fingerprint density at radius 3 is 2.70 bits per heavy atom. The summed E-state index contributed by atoms with van der Waals surface area (Å²) < 4.78 is 9.31. The van der Waals surface area contributed by atoms with Crippen LogP contribution < -0.4 is 0 Å². The van der Waals surface area contributed by atoms with Gasteiger partial charge in [0, 0.05) is 44.3 Å². The van der Waals surface area contributed by atoms with Gasteiger partial charge in [-0.25, -0.2) is 9.67 Å². The van der Waals surface area contributed by atoms with Crippen LogP contribution in [0.2, 0.25) is 0 Å². The summed E-state index contributed by atoms with van der Waals surface area (Å²) in [5.41, 5.74) is 0.890. The molecule has 0 saturated carbocycles. The maximum absolute atomic E-state index is 13.2. The molecule has 0 aliphatic carbocycles. The van der Waals surface area contributed by atoms with Crippen molar-refractivity contribution >= 4 is 11.9 Å². The second-order valence-corrected chi connectivity index (χ2v) is 8.03. The molecule has 2 aliphatic rings. The van der Waals surface area contributed by atoms with Crippen molar-refractivity contribution in [2.45, 2.75) is 31.9 Å². The Morgan fingerprint density at radius 1 is 1.13 bits per heavy atom. The van der Waals surface area contributed by atoms with Gasteiger partial charge >= 0.3 is 5.97 Å². The molecule has 1 aromatic carbocycles. The van der Waals surface area contributed by atoms with Crippen molar-refractivity contribution in [2.75, 3.05) is 13.1 Å². The summed E-state index contributed by atoms with van der Waals surface area (Å²) in [4.78, 5) is 31.8. The number of esters is 1. The first-order chi connectivity index (χ1) is 14.6. The maximum Gasteiger partial charge on any atom is 0.312 e. The van der Waals surface area contributed by atoms with Crippen molar-refractivity contribution in [1.82, 2.24) is 24.2 Å². The Labute approximate surface area is 174 Å². The largest absolute Gasteiger partial charge is 0.460 e. The molecule has 0 radical (unpaired) electrons. The molecule has 154 valence electrons. The molecule has 8 nitrogen and oxygen atoms in total. The predicted octanol–water partition coefficient (Wildman–Crippen LogP) is 2.31. The average molecular weight is 405 g/mol. The molecule has 30 heavy (non-hydrogen) atoms. The lowest BCUT2D eigenvalue weighted by Crippen LogP contribution is -2.45. The second-order valence-electron chi connectivity index (χ2n) is 8.03. The number of carbonyl (C=O) groups excluding carboxylic acids is 2. The third kappa shape index (κ3) is 3.28. The van der Waals surface area contributed by atoms with Gasteiger partial charge in [-0.3, -0.25) is 9.59 Å². The minimum atomic E-state index is -0.483. The number of nitrogens with zero attached hydrogens (tertiary/aromatic N) is 5. The number of hydrogen-bond acceptors (Lipinski definition) is 5. The van der Waals surface area contributed by atoms with E-state index in [2.05, 4.69) is 10.1 Å². The van der Waals surface area contributed by atoms with Crippen molar-refractivity contribution in [3.8, 4) is 5.69 Å². The quantitative estimate of drug-likeness (QED) is 0.622.